The van der Waals surface area contributed by atoms with Crippen LogP contribution in [0, 0.1) is 0 Å². The number of hydrogen-bond acceptors (Lipinski definition) is 2. The second-order valence-corrected chi connectivity index (χ2v) is 5.13. The molecule has 2 aromatic carbocycles. The van der Waals surface area contributed by atoms with E-state index in [0.29, 0.717) is 0 Å². The van der Waals surface area contributed by atoms with Crippen LogP contribution in [0.5, 0.6) is 5.75 Å². The van der Waals surface area contributed by atoms with Crippen LogP contribution in [0.15, 0.2) is 59.6 Å². The number of nitrogens with zero attached hydrogens (tertiary/aromatic N) is 1. The average molecular weight is 299 g/mol. The molecule has 1 aromatic heterocycles. The Bertz CT molecular complexity index is 701. The van der Waals surface area contributed by atoms with Crippen molar-refractivity contribution in [3.8, 4) is 11.4 Å². The highest BCUT2D eigenvalue weighted by Gasteiger charge is 2.08. The lowest BCUT2D eigenvalue weighted by molar-refractivity contribution is 0.415. The molecule has 0 spiro atoms. The third-order valence-corrected chi connectivity index (χ3v) is 4.01. The highest BCUT2D eigenvalue weighted by Crippen LogP contribution is 2.30. The van der Waals surface area contributed by atoms with Crippen molar-refractivity contribution < 1.29 is 4.74 Å². The molecule has 0 radical (unpaired) electrons. The van der Waals surface area contributed by atoms with Crippen LogP contribution in [0.1, 0.15) is 13.8 Å². The van der Waals surface area contributed by atoms with E-state index in [1.807, 2.05) is 26.0 Å². The fourth-order valence-electron chi connectivity index (χ4n) is 2.27. The van der Waals surface area contributed by atoms with Gasteiger partial charge in [-0.3, -0.25) is 0 Å². The van der Waals surface area contributed by atoms with Crippen molar-refractivity contribution in [2.45, 2.75) is 18.7 Å². The molecule has 3 aromatic rings. The van der Waals surface area contributed by atoms with Gasteiger partial charge in [0.25, 0.3) is 0 Å². The Morgan fingerprint density at radius 2 is 1.62 bits per heavy atom. The van der Waals surface area contributed by atoms with Crippen LogP contribution in [-0.4, -0.2) is 17.9 Å². The summed E-state index contributed by atoms with van der Waals surface area (Å²) < 4.78 is 7.43. The maximum absolute atomic E-state index is 5.21. The summed E-state index contributed by atoms with van der Waals surface area (Å²) in [5, 5.41) is 1.30. The van der Waals surface area contributed by atoms with Crippen molar-refractivity contribution >= 4 is 22.7 Å². The van der Waals surface area contributed by atoms with Gasteiger partial charge in [0.2, 0.25) is 0 Å². The smallest absolute Gasteiger partial charge is 0.119 e. The Hall–Kier alpha value is -1.87. The van der Waals surface area contributed by atoms with E-state index in [2.05, 4.69) is 53.4 Å². The zero-order valence-electron chi connectivity index (χ0n) is 13.0. The average Bonchev–Trinajstić information content (AvgIpc) is 2.96. The summed E-state index contributed by atoms with van der Waals surface area (Å²) in [4.78, 5) is 1.30. The van der Waals surface area contributed by atoms with E-state index in [0.717, 1.165) is 11.4 Å². The lowest BCUT2D eigenvalue weighted by Gasteiger charge is -2.06. The number of fused-ring (bicyclic) bond motifs is 1. The van der Waals surface area contributed by atoms with Gasteiger partial charge in [-0.2, -0.15) is 0 Å². The summed E-state index contributed by atoms with van der Waals surface area (Å²) in [7, 11) is 1.69. The maximum Gasteiger partial charge on any atom is 0.119 e. The van der Waals surface area contributed by atoms with Crippen LogP contribution in [0.25, 0.3) is 16.6 Å². The van der Waals surface area contributed by atoms with Crippen LogP contribution >= 0.6 is 11.8 Å². The lowest BCUT2D eigenvalue weighted by atomic mass is 10.2. The normalized spacial score (nSPS) is 10.1. The summed E-state index contributed by atoms with van der Waals surface area (Å²) in [6, 6.07) is 16.6. The van der Waals surface area contributed by atoms with Crippen molar-refractivity contribution in [1.29, 1.82) is 0 Å². The molecule has 0 saturated carbocycles. The third-order valence-electron chi connectivity index (χ3n) is 3.25. The van der Waals surface area contributed by atoms with E-state index < -0.39 is 0 Å². The maximum atomic E-state index is 5.21. The van der Waals surface area contributed by atoms with E-state index in [9.17, 15) is 0 Å². The molecule has 0 aliphatic rings. The molecule has 1 heterocycles. The number of para-hydroxylation sites is 1. The van der Waals surface area contributed by atoms with Gasteiger partial charge >= 0.3 is 0 Å². The Morgan fingerprint density at radius 3 is 2.24 bits per heavy atom. The van der Waals surface area contributed by atoms with Gasteiger partial charge in [0.1, 0.15) is 5.75 Å². The van der Waals surface area contributed by atoms with Crippen molar-refractivity contribution in [2.75, 3.05) is 13.4 Å². The van der Waals surface area contributed by atoms with Gasteiger partial charge in [-0.05, 0) is 36.6 Å². The van der Waals surface area contributed by atoms with Crippen molar-refractivity contribution in [1.82, 2.24) is 4.57 Å². The third kappa shape index (κ3) is 3.08. The number of aromatic nitrogens is 1. The van der Waals surface area contributed by atoms with Crippen molar-refractivity contribution in [2.24, 2.45) is 0 Å². The Labute approximate surface area is 130 Å². The number of benzene rings is 2. The van der Waals surface area contributed by atoms with E-state index in [1.165, 1.54) is 15.8 Å². The second kappa shape index (κ2) is 7.23. The first-order chi connectivity index (χ1) is 10.3. The van der Waals surface area contributed by atoms with Crippen LogP contribution < -0.4 is 4.74 Å². The number of methoxy groups -OCH3 is 1. The molecule has 110 valence electrons. The highest BCUT2D eigenvalue weighted by atomic mass is 32.2. The predicted molar refractivity (Wildman–Crippen MR) is 93.0 cm³/mol. The van der Waals surface area contributed by atoms with Gasteiger partial charge in [-0.1, -0.05) is 32.0 Å². The minimum absolute atomic E-state index is 0.880. The molecule has 0 saturated heterocycles. The first-order valence-electron chi connectivity index (χ1n) is 7.12. The number of ether oxygens (including phenoxy) is 1. The molecule has 0 N–H and O–H groups in total. The topological polar surface area (TPSA) is 14.2 Å². The van der Waals surface area contributed by atoms with Gasteiger partial charge in [0, 0.05) is 22.2 Å². The number of rotatable bonds is 3. The fraction of sp³-hybridized carbons (Fsp3) is 0.222. The van der Waals surface area contributed by atoms with Crippen LogP contribution in [0.2, 0.25) is 0 Å². The van der Waals surface area contributed by atoms with Gasteiger partial charge < -0.3 is 9.30 Å². The van der Waals surface area contributed by atoms with E-state index in [-0.39, 0.29) is 0 Å². The molecule has 3 rings (SSSR count). The Balaban J connectivity index is 0.000000774. The molecular weight excluding hydrogens is 278 g/mol. The Kier molecular flexibility index (Phi) is 5.34. The molecule has 0 fully saturated rings. The monoisotopic (exact) mass is 299 g/mol. The molecule has 0 amide bonds. The number of hydrogen-bond donors (Lipinski definition) is 0. The SMILES string of the molecule is CC.COc1ccc(-n2cc(SC)c3ccccc32)cc1. The zero-order valence-corrected chi connectivity index (χ0v) is 13.8. The standard InChI is InChI=1S/C16H15NOS.C2H6/c1-18-13-9-7-12(8-10-13)17-11-16(19-2)14-5-3-4-6-15(14)17;1-2/h3-11H,1-2H3;1-2H3. The van der Waals surface area contributed by atoms with E-state index in [1.54, 1.807) is 18.9 Å². The first-order valence-corrected chi connectivity index (χ1v) is 8.34. The summed E-state index contributed by atoms with van der Waals surface area (Å²) in [6.45, 7) is 4.00. The molecule has 0 bridgehead atoms. The molecule has 0 aliphatic heterocycles. The molecule has 21 heavy (non-hydrogen) atoms. The van der Waals surface area contributed by atoms with Gasteiger partial charge in [0.05, 0.1) is 12.6 Å². The quantitative estimate of drug-likeness (QED) is 0.602. The number of thioether (sulfide) groups is 1. The summed E-state index contributed by atoms with van der Waals surface area (Å²) in [5.41, 5.74) is 2.38. The van der Waals surface area contributed by atoms with Gasteiger partial charge in [0.15, 0.2) is 0 Å². The van der Waals surface area contributed by atoms with Crippen LogP contribution in [-0.2, 0) is 0 Å². The van der Waals surface area contributed by atoms with Crippen molar-refractivity contribution in [3.63, 3.8) is 0 Å². The zero-order chi connectivity index (χ0) is 15.2. The Morgan fingerprint density at radius 1 is 0.952 bits per heavy atom. The van der Waals surface area contributed by atoms with Crippen molar-refractivity contribution in [3.05, 3.63) is 54.7 Å². The minimum atomic E-state index is 0.880. The lowest BCUT2D eigenvalue weighted by Crippen LogP contribution is -1.91. The summed E-state index contributed by atoms with van der Waals surface area (Å²) in [5.74, 6) is 0.880. The van der Waals surface area contributed by atoms with E-state index in [4.69, 9.17) is 4.74 Å². The molecule has 3 heteroatoms. The largest absolute Gasteiger partial charge is 0.497 e. The predicted octanol–water partition coefficient (Wildman–Crippen LogP) is 5.39. The van der Waals surface area contributed by atoms with E-state index >= 15 is 0 Å². The summed E-state index contributed by atoms with van der Waals surface area (Å²) in [6.07, 6.45) is 4.30. The van der Waals surface area contributed by atoms with Gasteiger partial charge in [-0.15, -0.1) is 11.8 Å². The first kappa shape index (κ1) is 15.5. The molecular formula is C18H21NOS. The summed E-state index contributed by atoms with van der Waals surface area (Å²) >= 11 is 1.78. The highest BCUT2D eigenvalue weighted by molar-refractivity contribution is 7.98. The van der Waals surface area contributed by atoms with Crippen LogP contribution in [0.3, 0.4) is 0 Å². The molecule has 0 atom stereocenters. The molecule has 0 aliphatic carbocycles. The van der Waals surface area contributed by atoms with Gasteiger partial charge in [-0.25, -0.2) is 0 Å². The fourth-order valence-corrected chi connectivity index (χ4v) is 2.87. The molecule has 2 nitrogen and oxygen atoms in total. The minimum Gasteiger partial charge on any atom is -0.497 e. The van der Waals surface area contributed by atoms with Crippen LogP contribution in [0.4, 0.5) is 0 Å². The second-order valence-electron chi connectivity index (χ2n) is 4.28. The molecule has 0 unspecified atom stereocenters.